The number of rotatable bonds is 7. The molecule has 0 bridgehead atoms. The second-order valence-corrected chi connectivity index (χ2v) is 6.35. The normalized spacial score (nSPS) is 24.8. The smallest absolute Gasteiger partial charge is 0.0628 e. The first-order valence-corrected chi connectivity index (χ1v) is 8.52. The predicted molar refractivity (Wildman–Crippen MR) is 85.0 cm³/mol. The Bertz CT molecular complexity index is 385. The van der Waals surface area contributed by atoms with Crippen molar-refractivity contribution in [2.75, 3.05) is 6.54 Å². The van der Waals surface area contributed by atoms with E-state index in [2.05, 4.69) is 43.0 Å². The van der Waals surface area contributed by atoms with Crippen molar-refractivity contribution in [2.24, 2.45) is 5.92 Å². The van der Waals surface area contributed by atoms with Crippen LogP contribution in [0.2, 0.25) is 0 Å². The minimum Gasteiger partial charge on any atom is -0.314 e. The molecule has 2 rings (SSSR count). The fourth-order valence-corrected chi connectivity index (χ4v) is 3.24. The van der Waals surface area contributed by atoms with E-state index in [1.54, 1.807) is 0 Å². The molecule has 1 aromatic heterocycles. The van der Waals surface area contributed by atoms with Gasteiger partial charge in [0.2, 0.25) is 0 Å². The van der Waals surface area contributed by atoms with Gasteiger partial charge in [-0.1, -0.05) is 26.7 Å². The molecular formula is C17H31N3. The molecule has 0 spiro atoms. The Morgan fingerprint density at radius 3 is 2.90 bits per heavy atom. The fraction of sp³-hybridized carbons (Fsp3) is 0.824. The first-order valence-electron chi connectivity index (χ1n) is 8.52. The van der Waals surface area contributed by atoms with E-state index in [1.165, 1.54) is 37.8 Å². The maximum atomic E-state index is 4.78. The summed E-state index contributed by atoms with van der Waals surface area (Å²) in [5, 5.41) is 8.53. The van der Waals surface area contributed by atoms with Crippen molar-refractivity contribution in [2.45, 2.75) is 77.8 Å². The maximum absolute atomic E-state index is 4.78. The van der Waals surface area contributed by atoms with E-state index in [0.29, 0.717) is 12.1 Å². The molecule has 1 aliphatic carbocycles. The zero-order chi connectivity index (χ0) is 14.4. The van der Waals surface area contributed by atoms with Crippen LogP contribution in [0, 0.1) is 5.92 Å². The van der Waals surface area contributed by atoms with Crippen molar-refractivity contribution in [3.8, 4) is 0 Å². The van der Waals surface area contributed by atoms with E-state index in [1.807, 2.05) is 0 Å². The van der Waals surface area contributed by atoms with Crippen molar-refractivity contribution in [3.05, 3.63) is 18.0 Å². The number of hydrogen-bond acceptors (Lipinski definition) is 2. The summed E-state index contributed by atoms with van der Waals surface area (Å²) >= 11 is 0. The first kappa shape index (κ1) is 15.6. The molecule has 20 heavy (non-hydrogen) atoms. The highest BCUT2D eigenvalue weighted by Crippen LogP contribution is 2.27. The fourth-order valence-electron chi connectivity index (χ4n) is 3.24. The third kappa shape index (κ3) is 4.08. The van der Waals surface area contributed by atoms with Crippen LogP contribution in [0.1, 0.15) is 71.0 Å². The summed E-state index contributed by atoms with van der Waals surface area (Å²) in [6.07, 6.45) is 11.2. The summed E-state index contributed by atoms with van der Waals surface area (Å²) in [7, 11) is 0. The van der Waals surface area contributed by atoms with Crippen LogP contribution >= 0.6 is 0 Å². The van der Waals surface area contributed by atoms with Crippen molar-refractivity contribution >= 4 is 0 Å². The number of aromatic nitrogens is 2. The number of nitrogens with one attached hydrogen (secondary N) is 1. The molecule has 0 saturated heterocycles. The molecular weight excluding hydrogens is 246 g/mol. The molecule has 1 heterocycles. The molecule has 0 amide bonds. The Morgan fingerprint density at radius 1 is 1.35 bits per heavy atom. The topological polar surface area (TPSA) is 29.9 Å². The van der Waals surface area contributed by atoms with Gasteiger partial charge in [-0.25, -0.2) is 0 Å². The van der Waals surface area contributed by atoms with Gasteiger partial charge in [0.25, 0.3) is 0 Å². The molecule has 0 aliphatic heterocycles. The monoisotopic (exact) mass is 277 g/mol. The highest BCUT2D eigenvalue weighted by molar-refractivity contribution is 5.03. The van der Waals surface area contributed by atoms with Gasteiger partial charge in [0.05, 0.1) is 5.69 Å². The third-order valence-electron chi connectivity index (χ3n) is 4.74. The molecule has 3 atom stereocenters. The molecule has 1 saturated carbocycles. The van der Waals surface area contributed by atoms with Gasteiger partial charge in [0.1, 0.15) is 0 Å². The van der Waals surface area contributed by atoms with E-state index in [-0.39, 0.29) is 0 Å². The van der Waals surface area contributed by atoms with Crippen LogP contribution in [0.3, 0.4) is 0 Å². The van der Waals surface area contributed by atoms with Gasteiger partial charge in [-0.2, -0.15) is 5.10 Å². The Balaban J connectivity index is 1.94. The molecule has 0 radical (unpaired) electrons. The molecule has 1 N–H and O–H groups in total. The Kier molecular flexibility index (Phi) is 6.08. The van der Waals surface area contributed by atoms with E-state index < -0.39 is 0 Å². The lowest BCUT2D eigenvalue weighted by Crippen LogP contribution is -2.39. The predicted octanol–water partition coefficient (Wildman–Crippen LogP) is 3.96. The summed E-state index contributed by atoms with van der Waals surface area (Å²) in [5.41, 5.74) is 1.28. The second-order valence-electron chi connectivity index (χ2n) is 6.35. The standard InChI is InChI=1S/C17H31N3/c1-4-11-18-17-9-7-6-8-15(17)13-16-10-12-20(19-16)14(3)5-2/h10,12,14-15,17-18H,4-9,11,13H2,1-3H3. The van der Waals surface area contributed by atoms with Gasteiger partial charge < -0.3 is 5.32 Å². The second kappa shape index (κ2) is 7.82. The Morgan fingerprint density at radius 2 is 2.15 bits per heavy atom. The average molecular weight is 277 g/mol. The van der Waals surface area contributed by atoms with Gasteiger partial charge >= 0.3 is 0 Å². The van der Waals surface area contributed by atoms with Crippen LogP contribution in [0.4, 0.5) is 0 Å². The zero-order valence-corrected chi connectivity index (χ0v) is 13.4. The molecule has 3 nitrogen and oxygen atoms in total. The van der Waals surface area contributed by atoms with Gasteiger partial charge in [0, 0.05) is 18.3 Å². The Hall–Kier alpha value is -0.830. The third-order valence-corrected chi connectivity index (χ3v) is 4.74. The lowest BCUT2D eigenvalue weighted by atomic mass is 9.81. The van der Waals surface area contributed by atoms with Crippen LogP contribution < -0.4 is 5.32 Å². The molecule has 1 fully saturated rings. The van der Waals surface area contributed by atoms with Crippen molar-refractivity contribution in [3.63, 3.8) is 0 Å². The van der Waals surface area contributed by atoms with Gasteiger partial charge in [-0.3, -0.25) is 4.68 Å². The highest BCUT2D eigenvalue weighted by Gasteiger charge is 2.25. The van der Waals surface area contributed by atoms with Crippen LogP contribution in [0.15, 0.2) is 12.3 Å². The summed E-state index contributed by atoms with van der Waals surface area (Å²) in [5.74, 6) is 0.774. The molecule has 1 aliphatic rings. The molecule has 1 aromatic rings. The minimum atomic E-state index is 0.518. The largest absolute Gasteiger partial charge is 0.314 e. The Labute approximate surface area is 124 Å². The van der Waals surface area contributed by atoms with Crippen LogP contribution in [-0.2, 0) is 6.42 Å². The lowest BCUT2D eigenvalue weighted by molar-refractivity contribution is 0.259. The lowest BCUT2D eigenvalue weighted by Gasteiger charge is -2.32. The summed E-state index contributed by atoms with van der Waals surface area (Å²) < 4.78 is 2.13. The van der Waals surface area contributed by atoms with Crippen LogP contribution in [0.5, 0.6) is 0 Å². The average Bonchev–Trinajstić information content (AvgIpc) is 2.94. The number of hydrogen-bond donors (Lipinski definition) is 1. The van der Waals surface area contributed by atoms with E-state index in [9.17, 15) is 0 Å². The maximum Gasteiger partial charge on any atom is 0.0628 e. The SMILES string of the molecule is CCCNC1CCCCC1Cc1ccn(C(C)CC)n1. The van der Waals surface area contributed by atoms with Crippen LogP contribution in [0.25, 0.3) is 0 Å². The summed E-state index contributed by atoms with van der Waals surface area (Å²) in [4.78, 5) is 0. The zero-order valence-electron chi connectivity index (χ0n) is 13.4. The summed E-state index contributed by atoms with van der Waals surface area (Å²) in [6, 6.07) is 3.44. The first-order chi connectivity index (χ1) is 9.74. The summed E-state index contributed by atoms with van der Waals surface area (Å²) in [6.45, 7) is 7.86. The van der Waals surface area contributed by atoms with Gasteiger partial charge in [0.15, 0.2) is 0 Å². The van der Waals surface area contributed by atoms with Crippen molar-refractivity contribution < 1.29 is 0 Å². The molecule has 3 heteroatoms. The minimum absolute atomic E-state index is 0.518. The number of nitrogens with zero attached hydrogens (tertiary/aromatic N) is 2. The van der Waals surface area contributed by atoms with Gasteiger partial charge in [-0.15, -0.1) is 0 Å². The van der Waals surface area contributed by atoms with E-state index in [4.69, 9.17) is 5.10 Å². The van der Waals surface area contributed by atoms with Crippen LogP contribution in [-0.4, -0.2) is 22.4 Å². The van der Waals surface area contributed by atoms with Crippen molar-refractivity contribution in [1.29, 1.82) is 0 Å². The molecule has 0 aromatic carbocycles. The van der Waals surface area contributed by atoms with Crippen molar-refractivity contribution in [1.82, 2.24) is 15.1 Å². The molecule has 114 valence electrons. The van der Waals surface area contributed by atoms with Gasteiger partial charge in [-0.05, 0) is 57.6 Å². The van der Waals surface area contributed by atoms with E-state index >= 15 is 0 Å². The van der Waals surface area contributed by atoms with E-state index in [0.717, 1.165) is 25.3 Å². The highest BCUT2D eigenvalue weighted by atomic mass is 15.3. The quantitative estimate of drug-likeness (QED) is 0.817. The molecule has 3 unspecified atom stereocenters.